The molecule has 1 heterocycles. The van der Waals surface area contributed by atoms with Crippen molar-refractivity contribution >= 4 is 29.8 Å². The molecular weight excluding hydrogens is 851 g/mol. The van der Waals surface area contributed by atoms with Gasteiger partial charge in [0.2, 0.25) is 6.10 Å². The molecule has 1 aliphatic heterocycles. The third kappa shape index (κ3) is 7.98. The maximum atomic E-state index is 15.0. The molecular formula is C51H53NO14. The molecule has 4 aromatic carbocycles. The number of carbonyl (C=O) groups excluding carboxylic acids is 5. The topological polar surface area (TPSA) is 224 Å². The minimum atomic E-state index is -2.39. The van der Waals surface area contributed by atoms with Crippen LogP contribution in [-0.4, -0.2) is 105 Å². The van der Waals surface area contributed by atoms with Crippen LogP contribution in [0.25, 0.3) is 0 Å². The van der Waals surface area contributed by atoms with Gasteiger partial charge in [0.1, 0.15) is 42.2 Å². The molecule has 0 aromatic heterocycles. The fraction of sp³-hybridized carbons (Fsp3) is 0.392. The fourth-order valence-corrected chi connectivity index (χ4v) is 10.5. The Morgan fingerprint density at radius 3 is 1.97 bits per heavy atom. The number of rotatable bonds is 11. The molecule has 1 amide bonds. The third-order valence-electron chi connectivity index (χ3n) is 14.3. The lowest BCUT2D eigenvalue weighted by molar-refractivity contribution is -0.343. The fourth-order valence-electron chi connectivity index (χ4n) is 10.5. The molecule has 66 heavy (non-hydrogen) atoms. The second kappa shape index (κ2) is 17.9. The molecule has 15 nitrogen and oxygen atoms in total. The number of hydrogen-bond acceptors (Lipinski definition) is 14. The lowest BCUT2D eigenvalue weighted by Gasteiger charge is -2.66. The van der Waals surface area contributed by atoms with Crippen molar-refractivity contribution in [1.82, 2.24) is 5.32 Å². The summed E-state index contributed by atoms with van der Waals surface area (Å²) in [6.07, 6.45) is -11.9. The monoisotopic (exact) mass is 903 g/mol. The van der Waals surface area contributed by atoms with Crippen LogP contribution in [0, 0.1) is 16.7 Å². The number of nitrogens with one attached hydrogen (secondary N) is 1. The lowest BCUT2D eigenvalue weighted by atomic mass is 9.44. The number of Topliss-reactive ketones (excluding diaryl/α,β-unsaturated/α-hetero) is 1. The molecule has 11 atom stereocenters. The van der Waals surface area contributed by atoms with Gasteiger partial charge in [0, 0.05) is 29.7 Å². The zero-order chi connectivity index (χ0) is 47.2. The Morgan fingerprint density at radius 2 is 1.38 bits per heavy atom. The summed E-state index contributed by atoms with van der Waals surface area (Å²) in [4.78, 5) is 71.6. The van der Waals surface area contributed by atoms with Crippen molar-refractivity contribution in [1.29, 1.82) is 0 Å². The van der Waals surface area contributed by atoms with E-state index < -0.39 is 107 Å². The van der Waals surface area contributed by atoms with Crippen LogP contribution in [0.1, 0.15) is 78.4 Å². The van der Waals surface area contributed by atoms with Crippen molar-refractivity contribution in [3.63, 3.8) is 0 Å². The Labute approximate surface area is 381 Å². The number of esters is 2. The number of fused-ring (bicyclic) bond motifs is 5. The van der Waals surface area contributed by atoms with Gasteiger partial charge in [-0.25, -0.2) is 14.4 Å². The molecule has 15 heteroatoms. The zero-order valence-corrected chi connectivity index (χ0v) is 36.9. The maximum absolute atomic E-state index is 15.0. The van der Waals surface area contributed by atoms with Gasteiger partial charge in [0.05, 0.1) is 29.8 Å². The Bertz CT molecular complexity index is 2500. The number of ketones is 1. The summed E-state index contributed by atoms with van der Waals surface area (Å²) in [5.74, 6) is -5.28. The minimum absolute atomic E-state index is 0.0770. The Morgan fingerprint density at radius 1 is 0.803 bits per heavy atom. The van der Waals surface area contributed by atoms with E-state index in [1.165, 1.54) is 26.0 Å². The summed E-state index contributed by atoms with van der Waals surface area (Å²) >= 11 is 0. The van der Waals surface area contributed by atoms with E-state index in [-0.39, 0.29) is 41.9 Å². The first-order chi connectivity index (χ1) is 31.4. The summed E-state index contributed by atoms with van der Waals surface area (Å²) in [6.45, 7) is 5.40. The van der Waals surface area contributed by atoms with Gasteiger partial charge in [0.25, 0.3) is 5.91 Å². The van der Waals surface area contributed by atoms with Crippen LogP contribution >= 0.6 is 0 Å². The van der Waals surface area contributed by atoms with Crippen LogP contribution in [0.15, 0.2) is 132 Å². The van der Waals surface area contributed by atoms with E-state index in [1.807, 2.05) is 0 Å². The number of aliphatic hydroxyl groups excluding tert-OH is 2. The van der Waals surface area contributed by atoms with E-state index in [1.54, 1.807) is 123 Å². The summed E-state index contributed by atoms with van der Waals surface area (Å²) in [7, 11) is 0. The van der Waals surface area contributed by atoms with E-state index in [4.69, 9.17) is 23.7 Å². The molecule has 346 valence electrons. The highest BCUT2D eigenvalue weighted by Crippen LogP contribution is 2.63. The van der Waals surface area contributed by atoms with Gasteiger partial charge in [-0.1, -0.05) is 111 Å². The molecule has 2 bridgehead atoms. The third-order valence-corrected chi connectivity index (χ3v) is 14.3. The second-order valence-electron chi connectivity index (χ2n) is 18.3. The van der Waals surface area contributed by atoms with Gasteiger partial charge >= 0.3 is 18.1 Å². The van der Waals surface area contributed by atoms with Gasteiger partial charge in [-0.05, 0) is 60.4 Å². The first-order valence-electron chi connectivity index (χ1n) is 21.8. The predicted octanol–water partition coefficient (Wildman–Crippen LogP) is 4.96. The number of aliphatic hydroxyl groups is 4. The van der Waals surface area contributed by atoms with Crippen molar-refractivity contribution in [2.45, 2.75) is 101 Å². The van der Waals surface area contributed by atoms with Crippen LogP contribution in [-0.2, 0) is 39.9 Å². The summed E-state index contributed by atoms with van der Waals surface area (Å²) < 4.78 is 29.5. The second-order valence-corrected chi connectivity index (χ2v) is 18.3. The largest absolute Gasteiger partial charge is 0.509 e. The van der Waals surface area contributed by atoms with Crippen LogP contribution in [0.3, 0.4) is 0 Å². The molecule has 3 fully saturated rings. The molecule has 0 radical (unpaired) electrons. The van der Waals surface area contributed by atoms with E-state index >= 15 is 0 Å². The zero-order valence-electron chi connectivity index (χ0n) is 36.9. The van der Waals surface area contributed by atoms with E-state index in [0.717, 1.165) is 0 Å². The SMILES string of the molecule is CC1=C2C(O)C(=O)[C@]3(C)C(O)CC4OC[C@@]4(O)C3C(OC(=O)c3ccccc3)C(O)(CC1OC(=O)C(OC(=O)OCc1ccccc1)C(NC(=O)c1ccccc1)c1ccccc1)C2(C)C. The Kier molecular flexibility index (Phi) is 12.5. The van der Waals surface area contributed by atoms with E-state index in [9.17, 15) is 44.4 Å². The Hall–Kier alpha value is -6.23. The number of hydrogen-bond donors (Lipinski definition) is 5. The predicted molar refractivity (Wildman–Crippen MR) is 234 cm³/mol. The minimum Gasteiger partial charge on any atom is -0.455 e. The Balaban J connectivity index is 1.23. The molecule has 5 N–H and O–H groups in total. The van der Waals surface area contributed by atoms with Gasteiger partial charge in [-0.15, -0.1) is 0 Å². The summed E-state index contributed by atoms with van der Waals surface area (Å²) in [6, 6.07) is 31.6. The van der Waals surface area contributed by atoms with Gasteiger partial charge in [0.15, 0.2) is 5.78 Å². The van der Waals surface area contributed by atoms with Crippen LogP contribution in [0.2, 0.25) is 0 Å². The molecule has 0 spiro atoms. The van der Waals surface area contributed by atoms with E-state index in [2.05, 4.69) is 5.32 Å². The van der Waals surface area contributed by atoms with Gasteiger partial charge in [-0.3, -0.25) is 9.59 Å². The molecule has 1 saturated heterocycles. The van der Waals surface area contributed by atoms with Gasteiger partial charge < -0.3 is 49.4 Å². The molecule has 4 aliphatic rings. The summed E-state index contributed by atoms with van der Waals surface area (Å²) in [5.41, 5.74) is -6.71. The summed E-state index contributed by atoms with van der Waals surface area (Å²) in [5, 5.41) is 52.9. The quantitative estimate of drug-likeness (QED) is 0.0763. The lowest BCUT2D eigenvalue weighted by Crippen LogP contribution is -2.81. The number of benzene rings is 4. The normalized spacial score (nSPS) is 30.6. The van der Waals surface area contributed by atoms with E-state index in [0.29, 0.717) is 11.1 Å². The number of ether oxygens (including phenoxy) is 5. The van der Waals surface area contributed by atoms with Crippen molar-refractivity contribution in [3.8, 4) is 0 Å². The van der Waals surface area contributed by atoms with Crippen molar-refractivity contribution in [3.05, 3.63) is 155 Å². The standard InChI is InChI=1S/C51H53NO14/c1-29-34(64-46(58)40(65-47(59)62-27-30-17-9-5-10-18-30)38(31-19-11-6-12-20-31)52-44(56)32-21-13-7-14-22-32)26-51(61)43(66-45(57)33-23-15-8-16-24-33)41-49(4,35(53)25-36-50(41,60)28-63-36)42(55)39(54)37(29)48(51,2)3/h5-24,34-36,38-41,43,53-54,60-61H,25-28H2,1-4H3,(H,52,56)/t34?,35?,36?,38?,39?,40?,41?,43?,49-,50+,51?/m1/s1. The van der Waals surface area contributed by atoms with Crippen LogP contribution in [0.4, 0.5) is 4.79 Å². The van der Waals surface area contributed by atoms with Crippen molar-refractivity contribution in [2.24, 2.45) is 16.7 Å². The van der Waals surface area contributed by atoms with Crippen molar-refractivity contribution in [2.75, 3.05) is 6.61 Å². The maximum Gasteiger partial charge on any atom is 0.509 e. The number of amides is 1. The molecule has 8 rings (SSSR count). The molecule has 3 aliphatic carbocycles. The highest BCUT2D eigenvalue weighted by molar-refractivity contribution is 5.95. The number of carbonyl (C=O) groups is 5. The average Bonchev–Trinajstić information content (AvgIpc) is 3.32. The highest BCUT2D eigenvalue weighted by atomic mass is 16.7. The average molecular weight is 904 g/mol. The highest BCUT2D eigenvalue weighted by Gasteiger charge is 2.76. The van der Waals surface area contributed by atoms with Gasteiger partial charge in [-0.2, -0.15) is 0 Å². The molecule has 9 unspecified atom stereocenters. The van der Waals surface area contributed by atoms with Crippen LogP contribution < -0.4 is 5.32 Å². The first kappa shape index (κ1) is 46.3. The van der Waals surface area contributed by atoms with Crippen LogP contribution in [0.5, 0.6) is 0 Å². The van der Waals surface area contributed by atoms with Crippen molar-refractivity contribution < 1.29 is 68.1 Å². The molecule has 4 aromatic rings. The molecule has 2 saturated carbocycles. The first-order valence-corrected chi connectivity index (χ1v) is 21.8. The smallest absolute Gasteiger partial charge is 0.455 e.